The number of benzene rings is 2. The number of rotatable bonds is 7. The van der Waals surface area contributed by atoms with Crippen LogP contribution in [0.25, 0.3) is 0 Å². The van der Waals surface area contributed by atoms with Crippen molar-refractivity contribution < 1.29 is 4.79 Å². The largest absolute Gasteiger partial charge is 0.364 e. The van der Waals surface area contributed by atoms with Gasteiger partial charge in [-0.05, 0) is 18.6 Å². The molecule has 0 aliphatic rings. The average Bonchev–Trinajstić information content (AvgIpc) is 2.55. The molecule has 0 radical (unpaired) electrons. The molecule has 2 rings (SSSR count). The third-order valence-corrected chi connectivity index (χ3v) is 3.63. The smallest absolute Gasteiger partial charge is 0.193 e. The van der Waals surface area contributed by atoms with E-state index in [1.165, 1.54) is 0 Å². The van der Waals surface area contributed by atoms with Gasteiger partial charge < -0.3 is 4.90 Å². The first-order valence-electron chi connectivity index (χ1n) is 7.35. The Labute approximate surface area is 132 Å². The average molecular weight is 291 g/mol. The van der Waals surface area contributed by atoms with E-state index in [0.29, 0.717) is 5.56 Å². The molecule has 2 aromatic rings. The Bertz CT molecular complexity index is 663. The molecule has 0 atom stereocenters. The van der Waals surface area contributed by atoms with Gasteiger partial charge in [-0.2, -0.15) is 0 Å². The molecule has 2 nitrogen and oxygen atoms in total. The molecule has 2 aromatic carbocycles. The van der Waals surface area contributed by atoms with Crippen molar-refractivity contribution in [2.45, 2.75) is 6.92 Å². The number of hydrogen-bond donors (Lipinski definition) is 0. The lowest BCUT2D eigenvalue weighted by Gasteiger charge is -2.24. The molecular formula is C20H21NO. The van der Waals surface area contributed by atoms with Gasteiger partial charge in [0.15, 0.2) is 5.78 Å². The molecule has 0 aliphatic carbocycles. The summed E-state index contributed by atoms with van der Waals surface area (Å²) in [7, 11) is 0. The highest BCUT2D eigenvalue weighted by atomic mass is 16.1. The van der Waals surface area contributed by atoms with Crippen molar-refractivity contribution in [3.63, 3.8) is 0 Å². The van der Waals surface area contributed by atoms with Gasteiger partial charge in [-0.3, -0.25) is 4.79 Å². The quantitative estimate of drug-likeness (QED) is 0.556. The Balaban J connectivity index is 2.42. The summed E-state index contributed by atoms with van der Waals surface area (Å²) in [4.78, 5) is 14.8. The van der Waals surface area contributed by atoms with Gasteiger partial charge >= 0.3 is 0 Å². The van der Waals surface area contributed by atoms with E-state index < -0.39 is 0 Å². The van der Waals surface area contributed by atoms with Crippen LogP contribution < -0.4 is 4.90 Å². The summed E-state index contributed by atoms with van der Waals surface area (Å²) in [6.07, 6.45) is 3.71. The van der Waals surface area contributed by atoms with Gasteiger partial charge in [0, 0.05) is 29.9 Å². The van der Waals surface area contributed by atoms with Gasteiger partial charge in [-0.1, -0.05) is 54.6 Å². The number of carbonyl (C=O) groups excluding carboxylic acids is 1. The Morgan fingerprint density at radius 2 is 1.64 bits per heavy atom. The summed E-state index contributed by atoms with van der Waals surface area (Å²) in [5.41, 5.74) is 3.48. The van der Waals surface area contributed by atoms with Crippen molar-refractivity contribution in [3.8, 4) is 0 Å². The molecule has 0 fully saturated rings. The van der Waals surface area contributed by atoms with Gasteiger partial charge in [-0.25, -0.2) is 0 Å². The zero-order valence-corrected chi connectivity index (χ0v) is 13.0. The molecule has 2 heteroatoms. The maximum Gasteiger partial charge on any atom is 0.193 e. The van der Waals surface area contributed by atoms with Crippen LogP contribution in [-0.2, 0) is 0 Å². The molecule has 0 spiro atoms. The van der Waals surface area contributed by atoms with Crippen LogP contribution in [0.3, 0.4) is 0 Å². The molecule has 0 bridgehead atoms. The van der Waals surface area contributed by atoms with Gasteiger partial charge in [0.2, 0.25) is 0 Å². The molecule has 0 saturated heterocycles. The lowest BCUT2D eigenvalue weighted by molar-refractivity contribution is 0.103. The molecule has 0 N–H and O–H groups in total. The minimum atomic E-state index is 0.0529. The third kappa shape index (κ3) is 3.34. The SMILES string of the molecule is C=CCN(CC=C)c1cccc(C(=O)c2ccccc2)c1C. The first-order valence-corrected chi connectivity index (χ1v) is 7.35. The highest BCUT2D eigenvalue weighted by Gasteiger charge is 2.15. The van der Waals surface area contributed by atoms with E-state index in [1.807, 2.05) is 67.6 Å². The van der Waals surface area contributed by atoms with E-state index in [1.54, 1.807) is 0 Å². The molecule has 112 valence electrons. The van der Waals surface area contributed by atoms with Crippen molar-refractivity contribution in [2.24, 2.45) is 0 Å². The van der Waals surface area contributed by atoms with Gasteiger partial charge in [0.1, 0.15) is 0 Å². The van der Waals surface area contributed by atoms with Crippen LogP contribution >= 0.6 is 0 Å². The normalized spacial score (nSPS) is 10.0. The third-order valence-electron chi connectivity index (χ3n) is 3.63. The van der Waals surface area contributed by atoms with Crippen molar-refractivity contribution >= 4 is 11.5 Å². The van der Waals surface area contributed by atoms with Crippen LogP contribution in [0.1, 0.15) is 21.5 Å². The topological polar surface area (TPSA) is 20.3 Å². The molecule has 0 saturated carbocycles. The molecule has 0 aliphatic heterocycles. The first-order chi connectivity index (χ1) is 10.7. The molecule has 0 aromatic heterocycles. The van der Waals surface area contributed by atoms with Crippen molar-refractivity contribution in [2.75, 3.05) is 18.0 Å². The minimum Gasteiger partial charge on any atom is -0.364 e. The van der Waals surface area contributed by atoms with Crippen LogP contribution in [0.4, 0.5) is 5.69 Å². The Kier molecular flexibility index (Phi) is 5.31. The highest BCUT2D eigenvalue weighted by Crippen LogP contribution is 2.25. The molecule has 0 unspecified atom stereocenters. The molecule has 0 heterocycles. The fourth-order valence-corrected chi connectivity index (χ4v) is 2.54. The molecule has 0 amide bonds. The highest BCUT2D eigenvalue weighted by molar-refractivity contribution is 6.10. The number of ketones is 1. The van der Waals surface area contributed by atoms with Crippen LogP contribution in [0.15, 0.2) is 73.8 Å². The van der Waals surface area contributed by atoms with Crippen LogP contribution in [0, 0.1) is 6.92 Å². The predicted octanol–water partition coefficient (Wildman–Crippen LogP) is 4.40. The van der Waals surface area contributed by atoms with Crippen LogP contribution in [0.5, 0.6) is 0 Å². The fourth-order valence-electron chi connectivity index (χ4n) is 2.54. The summed E-state index contributed by atoms with van der Waals surface area (Å²) in [5, 5.41) is 0. The summed E-state index contributed by atoms with van der Waals surface area (Å²) < 4.78 is 0. The number of nitrogens with zero attached hydrogens (tertiary/aromatic N) is 1. The monoisotopic (exact) mass is 291 g/mol. The van der Waals surface area contributed by atoms with Crippen LogP contribution in [0.2, 0.25) is 0 Å². The lowest BCUT2D eigenvalue weighted by atomic mass is 9.97. The molecule has 22 heavy (non-hydrogen) atoms. The maximum absolute atomic E-state index is 12.7. The van der Waals surface area contributed by atoms with E-state index in [9.17, 15) is 4.79 Å². The number of anilines is 1. The van der Waals surface area contributed by atoms with E-state index in [0.717, 1.165) is 29.9 Å². The Morgan fingerprint density at radius 1 is 1.00 bits per heavy atom. The zero-order valence-electron chi connectivity index (χ0n) is 13.0. The van der Waals surface area contributed by atoms with Crippen molar-refractivity contribution in [1.82, 2.24) is 0 Å². The number of hydrogen-bond acceptors (Lipinski definition) is 2. The second kappa shape index (κ2) is 7.41. The summed E-state index contributed by atoms with van der Waals surface area (Å²) >= 11 is 0. The predicted molar refractivity (Wildman–Crippen MR) is 93.7 cm³/mol. The summed E-state index contributed by atoms with van der Waals surface area (Å²) in [6, 6.07) is 15.2. The second-order valence-corrected chi connectivity index (χ2v) is 5.13. The lowest BCUT2D eigenvalue weighted by Crippen LogP contribution is -2.24. The van der Waals surface area contributed by atoms with E-state index >= 15 is 0 Å². The summed E-state index contributed by atoms with van der Waals surface area (Å²) in [6.45, 7) is 11.0. The van der Waals surface area contributed by atoms with Crippen molar-refractivity contribution in [3.05, 3.63) is 90.5 Å². The van der Waals surface area contributed by atoms with E-state index in [-0.39, 0.29) is 5.78 Å². The van der Waals surface area contributed by atoms with E-state index in [2.05, 4.69) is 18.1 Å². The zero-order chi connectivity index (χ0) is 15.9. The fraction of sp³-hybridized carbons (Fsp3) is 0.150. The Morgan fingerprint density at radius 3 is 2.23 bits per heavy atom. The number of carbonyl (C=O) groups is 1. The summed E-state index contributed by atoms with van der Waals surface area (Å²) in [5.74, 6) is 0.0529. The second-order valence-electron chi connectivity index (χ2n) is 5.13. The Hall–Kier alpha value is -2.61. The minimum absolute atomic E-state index is 0.0529. The van der Waals surface area contributed by atoms with Crippen LogP contribution in [-0.4, -0.2) is 18.9 Å². The standard InChI is InChI=1S/C20H21NO/c1-4-14-21(15-5-2)19-13-9-12-18(16(19)3)20(22)17-10-7-6-8-11-17/h4-13H,1-2,14-15H2,3H3. The van der Waals surface area contributed by atoms with Crippen molar-refractivity contribution in [1.29, 1.82) is 0 Å². The first kappa shape index (κ1) is 15.8. The molecular weight excluding hydrogens is 270 g/mol. The van der Waals surface area contributed by atoms with Gasteiger partial charge in [0.25, 0.3) is 0 Å². The maximum atomic E-state index is 12.7. The van der Waals surface area contributed by atoms with E-state index in [4.69, 9.17) is 0 Å². The van der Waals surface area contributed by atoms with Gasteiger partial charge in [0.05, 0.1) is 0 Å². The van der Waals surface area contributed by atoms with Gasteiger partial charge in [-0.15, -0.1) is 13.2 Å².